The van der Waals surface area contributed by atoms with Crippen molar-refractivity contribution in [1.29, 1.82) is 0 Å². The van der Waals surface area contributed by atoms with E-state index in [4.69, 9.17) is 4.18 Å². The van der Waals surface area contributed by atoms with E-state index in [1.165, 1.54) is 19.0 Å². The molecule has 0 aliphatic carbocycles. The molecule has 0 amide bonds. The van der Waals surface area contributed by atoms with Gasteiger partial charge in [0.25, 0.3) is 0 Å². The Morgan fingerprint density at radius 1 is 1.62 bits per heavy atom. The average molecular weight is 197 g/mol. The van der Waals surface area contributed by atoms with Crippen molar-refractivity contribution in [3.63, 3.8) is 0 Å². The molecule has 13 heavy (non-hydrogen) atoms. The fourth-order valence-corrected chi connectivity index (χ4v) is 1.36. The van der Waals surface area contributed by atoms with Gasteiger partial charge in [0.1, 0.15) is 0 Å². The summed E-state index contributed by atoms with van der Waals surface area (Å²) in [6.07, 6.45) is 2.57. The van der Waals surface area contributed by atoms with Gasteiger partial charge >= 0.3 is 5.97 Å². The molecule has 0 spiro atoms. The number of hydrogen-bond donors (Lipinski definition) is 0. The Labute approximate surface area is 81.7 Å². The molecular formula is C9H11NO2S. The van der Waals surface area contributed by atoms with Crippen LogP contribution in [0.4, 0.5) is 0 Å². The molecule has 0 N–H and O–H groups in total. The molecule has 0 fully saturated rings. The van der Waals surface area contributed by atoms with Crippen LogP contribution in [-0.4, -0.2) is 16.7 Å². The third-order valence-corrected chi connectivity index (χ3v) is 2.07. The summed E-state index contributed by atoms with van der Waals surface area (Å²) in [5.74, 6) is 0.488. The summed E-state index contributed by atoms with van der Waals surface area (Å²) in [6, 6.07) is 5.77. The largest absolute Gasteiger partial charge is 0.392 e. The van der Waals surface area contributed by atoms with E-state index >= 15 is 0 Å². The summed E-state index contributed by atoms with van der Waals surface area (Å²) >= 11 is 1.17. The number of carbonyl (C=O) groups is 1. The van der Waals surface area contributed by atoms with Crippen LogP contribution in [0, 0.1) is 0 Å². The van der Waals surface area contributed by atoms with Crippen LogP contribution in [0.2, 0.25) is 0 Å². The fourth-order valence-electron chi connectivity index (χ4n) is 0.817. The lowest BCUT2D eigenvalue weighted by molar-refractivity contribution is -0.130. The van der Waals surface area contributed by atoms with Gasteiger partial charge in [0.15, 0.2) is 0 Å². The van der Waals surface area contributed by atoms with Crippen LogP contribution < -0.4 is 0 Å². The molecule has 0 aliphatic rings. The highest BCUT2D eigenvalue weighted by Gasteiger charge is 1.96. The molecule has 0 bridgehead atoms. The Bertz CT molecular complexity index is 264. The lowest BCUT2D eigenvalue weighted by Crippen LogP contribution is -1.95. The molecule has 0 radical (unpaired) electrons. The molecule has 0 saturated carbocycles. The lowest BCUT2D eigenvalue weighted by Gasteiger charge is -1.99. The maximum absolute atomic E-state index is 10.4. The first-order chi connectivity index (χ1) is 6.29. The standard InChI is InChI=1S/C9H11NO2S/c1-8(11)12-13-7-5-9-4-2-3-6-10-9/h2-4,6H,5,7H2,1H3. The summed E-state index contributed by atoms with van der Waals surface area (Å²) in [5, 5.41) is 0. The van der Waals surface area contributed by atoms with Gasteiger partial charge in [-0.2, -0.15) is 0 Å². The van der Waals surface area contributed by atoms with Crippen LogP contribution in [0.1, 0.15) is 12.6 Å². The first kappa shape index (κ1) is 10.1. The number of rotatable bonds is 4. The highest BCUT2D eigenvalue weighted by atomic mass is 32.2. The van der Waals surface area contributed by atoms with Crippen LogP contribution in [0.3, 0.4) is 0 Å². The maximum atomic E-state index is 10.4. The summed E-state index contributed by atoms with van der Waals surface area (Å²) in [6.45, 7) is 1.40. The molecule has 1 rings (SSSR count). The Balaban J connectivity index is 2.17. The number of carbonyl (C=O) groups excluding carboxylic acids is 1. The topological polar surface area (TPSA) is 39.2 Å². The zero-order valence-corrected chi connectivity index (χ0v) is 8.21. The van der Waals surface area contributed by atoms with Crippen LogP contribution in [0.25, 0.3) is 0 Å². The van der Waals surface area contributed by atoms with Gasteiger partial charge in [0.2, 0.25) is 0 Å². The van der Waals surface area contributed by atoms with Gasteiger partial charge in [0.05, 0.1) is 12.0 Å². The van der Waals surface area contributed by atoms with E-state index in [0.717, 1.165) is 17.9 Å². The Hall–Kier alpha value is -1.03. The van der Waals surface area contributed by atoms with Crippen molar-refractivity contribution < 1.29 is 8.98 Å². The molecule has 3 nitrogen and oxygen atoms in total. The summed E-state index contributed by atoms with van der Waals surface area (Å²) in [4.78, 5) is 14.5. The van der Waals surface area contributed by atoms with Crippen LogP contribution in [0.5, 0.6) is 0 Å². The Morgan fingerprint density at radius 3 is 3.08 bits per heavy atom. The minimum atomic E-state index is -0.258. The number of pyridine rings is 1. The number of aromatic nitrogens is 1. The van der Waals surface area contributed by atoms with E-state index in [-0.39, 0.29) is 5.97 Å². The van der Waals surface area contributed by atoms with Gasteiger partial charge in [-0.3, -0.25) is 9.78 Å². The summed E-state index contributed by atoms with van der Waals surface area (Å²) < 4.78 is 4.71. The van der Waals surface area contributed by atoms with Crippen molar-refractivity contribution in [1.82, 2.24) is 4.98 Å². The fraction of sp³-hybridized carbons (Fsp3) is 0.333. The first-order valence-electron chi connectivity index (χ1n) is 3.99. The van der Waals surface area contributed by atoms with Gasteiger partial charge < -0.3 is 4.18 Å². The SMILES string of the molecule is CC(=O)OSCCc1ccccn1. The van der Waals surface area contributed by atoms with E-state index in [0.29, 0.717) is 0 Å². The minimum Gasteiger partial charge on any atom is -0.392 e. The van der Waals surface area contributed by atoms with Gasteiger partial charge in [-0.25, -0.2) is 0 Å². The van der Waals surface area contributed by atoms with E-state index < -0.39 is 0 Å². The predicted octanol–water partition coefficient (Wildman–Crippen LogP) is 1.84. The summed E-state index contributed by atoms with van der Waals surface area (Å²) in [5.41, 5.74) is 1.02. The van der Waals surface area contributed by atoms with Crippen LogP contribution >= 0.6 is 12.0 Å². The number of hydrogen-bond acceptors (Lipinski definition) is 4. The molecule has 1 aromatic rings. The molecule has 0 atom stereocenters. The highest BCUT2D eigenvalue weighted by molar-refractivity contribution is 7.95. The molecule has 0 aromatic carbocycles. The molecule has 70 valence electrons. The molecule has 0 saturated heterocycles. The van der Waals surface area contributed by atoms with E-state index in [1.54, 1.807) is 6.20 Å². The number of nitrogens with zero attached hydrogens (tertiary/aromatic N) is 1. The molecule has 0 unspecified atom stereocenters. The zero-order valence-electron chi connectivity index (χ0n) is 7.40. The minimum absolute atomic E-state index is 0.258. The van der Waals surface area contributed by atoms with Crippen molar-refractivity contribution >= 4 is 18.0 Å². The van der Waals surface area contributed by atoms with Crippen molar-refractivity contribution in [2.75, 3.05) is 5.75 Å². The molecule has 1 aromatic heterocycles. The van der Waals surface area contributed by atoms with Gasteiger partial charge in [-0.15, -0.1) is 0 Å². The number of aryl methyl sites for hydroxylation is 1. The Morgan fingerprint density at radius 2 is 2.46 bits per heavy atom. The molecular weight excluding hydrogens is 186 g/mol. The van der Waals surface area contributed by atoms with Gasteiger partial charge in [0, 0.05) is 31.0 Å². The second-order valence-electron chi connectivity index (χ2n) is 2.47. The van der Waals surface area contributed by atoms with Crippen molar-refractivity contribution in [3.8, 4) is 0 Å². The molecule has 0 aliphatic heterocycles. The van der Waals surface area contributed by atoms with Crippen LogP contribution in [0.15, 0.2) is 24.4 Å². The highest BCUT2D eigenvalue weighted by Crippen LogP contribution is 2.06. The molecule has 1 heterocycles. The Kier molecular flexibility index (Phi) is 4.32. The van der Waals surface area contributed by atoms with Crippen LogP contribution in [-0.2, 0) is 15.4 Å². The maximum Gasteiger partial charge on any atom is 0.314 e. The van der Waals surface area contributed by atoms with E-state index in [1.807, 2.05) is 18.2 Å². The third-order valence-electron chi connectivity index (χ3n) is 1.34. The second kappa shape index (κ2) is 5.59. The molecule has 4 heteroatoms. The predicted molar refractivity (Wildman–Crippen MR) is 52.2 cm³/mol. The van der Waals surface area contributed by atoms with Crippen molar-refractivity contribution in [3.05, 3.63) is 30.1 Å². The monoisotopic (exact) mass is 197 g/mol. The summed E-state index contributed by atoms with van der Waals surface area (Å²) in [7, 11) is 0. The average Bonchev–Trinajstić information content (AvgIpc) is 2.14. The second-order valence-corrected chi connectivity index (χ2v) is 3.28. The third kappa shape index (κ3) is 4.52. The normalized spacial score (nSPS) is 9.62. The first-order valence-corrected chi connectivity index (χ1v) is 4.90. The van der Waals surface area contributed by atoms with Crippen molar-refractivity contribution in [2.45, 2.75) is 13.3 Å². The zero-order chi connectivity index (χ0) is 9.52. The van der Waals surface area contributed by atoms with Gasteiger partial charge in [-0.05, 0) is 12.1 Å². The van der Waals surface area contributed by atoms with Crippen molar-refractivity contribution in [2.24, 2.45) is 0 Å². The van der Waals surface area contributed by atoms with E-state index in [9.17, 15) is 4.79 Å². The quantitative estimate of drug-likeness (QED) is 0.545. The lowest BCUT2D eigenvalue weighted by atomic mass is 10.3. The van der Waals surface area contributed by atoms with Gasteiger partial charge in [-0.1, -0.05) is 6.07 Å². The smallest absolute Gasteiger partial charge is 0.314 e. The van der Waals surface area contributed by atoms with E-state index in [2.05, 4.69) is 4.98 Å².